The molecule has 0 saturated heterocycles. The topological polar surface area (TPSA) is 86.8 Å². The van der Waals surface area contributed by atoms with E-state index in [-0.39, 0.29) is 12.5 Å². The first-order valence-corrected chi connectivity index (χ1v) is 14.6. The van der Waals surface area contributed by atoms with E-state index >= 15 is 0 Å². The summed E-state index contributed by atoms with van der Waals surface area (Å²) in [5.74, 6) is -0.734. The second-order valence-electron chi connectivity index (χ2n) is 9.62. The monoisotopic (exact) mass is 535 g/mol. The van der Waals surface area contributed by atoms with Crippen LogP contribution in [0.15, 0.2) is 72.8 Å². The fraction of sp³-hybridized carbons (Fsp3) is 0.333. The Bertz CT molecular complexity index is 1350. The van der Waals surface area contributed by atoms with Crippen LogP contribution in [0.1, 0.15) is 34.7 Å². The van der Waals surface area contributed by atoms with Crippen LogP contribution in [0.3, 0.4) is 0 Å². The Hall–Kier alpha value is -3.65. The van der Waals surface area contributed by atoms with Gasteiger partial charge in [-0.3, -0.25) is 13.9 Å². The Kier molecular flexibility index (Phi) is 9.69. The Morgan fingerprint density at radius 2 is 1.47 bits per heavy atom. The molecule has 8 heteroatoms. The van der Waals surface area contributed by atoms with Crippen molar-refractivity contribution in [1.29, 1.82) is 0 Å². The lowest BCUT2D eigenvalue weighted by Crippen LogP contribution is -2.53. The van der Waals surface area contributed by atoms with E-state index in [1.54, 1.807) is 0 Å². The number of rotatable bonds is 11. The molecular weight excluding hydrogens is 498 g/mol. The van der Waals surface area contributed by atoms with Gasteiger partial charge in [-0.05, 0) is 49.9 Å². The first-order valence-electron chi connectivity index (χ1n) is 12.7. The van der Waals surface area contributed by atoms with Gasteiger partial charge in [0.25, 0.3) is 0 Å². The molecule has 1 unspecified atom stereocenters. The largest absolute Gasteiger partial charge is 0.355 e. The van der Waals surface area contributed by atoms with Crippen molar-refractivity contribution in [3.8, 4) is 0 Å². The number of benzene rings is 3. The normalized spacial score (nSPS) is 12.0. The molecule has 3 aromatic carbocycles. The zero-order valence-corrected chi connectivity index (χ0v) is 23.6. The molecule has 0 bridgehead atoms. The van der Waals surface area contributed by atoms with Crippen LogP contribution < -0.4 is 9.62 Å². The number of nitrogens with zero attached hydrogens (tertiary/aromatic N) is 2. The number of aryl methyl sites for hydroxylation is 3. The summed E-state index contributed by atoms with van der Waals surface area (Å²) in [5.41, 5.74) is 4.77. The fourth-order valence-electron chi connectivity index (χ4n) is 4.63. The second kappa shape index (κ2) is 12.7. The lowest BCUT2D eigenvalue weighted by Gasteiger charge is -2.34. The molecule has 2 amide bonds. The zero-order valence-electron chi connectivity index (χ0n) is 22.8. The Balaban J connectivity index is 2.08. The summed E-state index contributed by atoms with van der Waals surface area (Å²) in [4.78, 5) is 29.0. The maximum absolute atomic E-state index is 14.1. The minimum Gasteiger partial charge on any atom is -0.355 e. The highest BCUT2D eigenvalue weighted by atomic mass is 32.2. The molecule has 38 heavy (non-hydrogen) atoms. The third kappa shape index (κ3) is 7.44. The molecule has 0 aliphatic carbocycles. The molecule has 0 aliphatic heterocycles. The molecule has 0 aromatic heterocycles. The molecular formula is C30H37N3O4S. The van der Waals surface area contributed by atoms with E-state index in [9.17, 15) is 18.0 Å². The van der Waals surface area contributed by atoms with Crippen molar-refractivity contribution in [3.05, 3.63) is 101 Å². The Labute approximate surface area is 226 Å². The lowest BCUT2D eigenvalue weighted by atomic mass is 10.0. The molecule has 3 rings (SSSR count). The van der Waals surface area contributed by atoms with Gasteiger partial charge in [-0.25, -0.2) is 8.42 Å². The standard InChI is InChI=1S/C30H37N3O4S/c1-6-31-30(35)27(19-25-15-8-7-9-16-25)32(20-26-17-10-12-22(2)18-26)28(34)21-33(38(5,36)37)29-23(3)13-11-14-24(29)4/h7-18,27H,6,19-21H2,1-5H3,(H,31,35). The van der Waals surface area contributed by atoms with Gasteiger partial charge in [0, 0.05) is 19.5 Å². The third-order valence-electron chi connectivity index (χ3n) is 6.43. The predicted molar refractivity (Wildman–Crippen MR) is 152 cm³/mol. The van der Waals surface area contributed by atoms with E-state index in [1.165, 1.54) is 4.90 Å². The summed E-state index contributed by atoms with van der Waals surface area (Å²) in [6.07, 6.45) is 1.40. The van der Waals surface area contributed by atoms with E-state index < -0.39 is 28.5 Å². The minimum absolute atomic E-state index is 0.166. The number of carbonyl (C=O) groups is 2. The van der Waals surface area contributed by atoms with Crippen LogP contribution in [-0.2, 0) is 32.6 Å². The van der Waals surface area contributed by atoms with Crippen molar-refractivity contribution >= 4 is 27.5 Å². The number of amides is 2. The minimum atomic E-state index is -3.80. The van der Waals surface area contributed by atoms with E-state index in [1.807, 2.05) is 100 Å². The van der Waals surface area contributed by atoms with Crippen molar-refractivity contribution in [2.75, 3.05) is 23.7 Å². The molecule has 0 radical (unpaired) electrons. The van der Waals surface area contributed by atoms with Gasteiger partial charge in [0.05, 0.1) is 11.9 Å². The number of hydrogen-bond donors (Lipinski definition) is 1. The van der Waals surface area contributed by atoms with Crippen LogP contribution in [0.2, 0.25) is 0 Å². The van der Waals surface area contributed by atoms with Gasteiger partial charge in [0.1, 0.15) is 12.6 Å². The van der Waals surface area contributed by atoms with Crippen LogP contribution in [0.25, 0.3) is 0 Å². The van der Waals surface area contributed by atoms with Crippen LogP contribution >= 0.6 is 0 Å². The summed E-state index contributed by atoms with van der Waals surface area (Å²) >= 11 is 0. The lowest BCUT2D eigenvalue weighted by molar-refractivity contribution is -0.140. The van der Waals surface area contributed by atoms with Crippen LogP contribution in [-0.4, -0.2) is 50.5 Å². The average molecular weight is 536 g/mol. The number of anilines is 1. The van der Waals surface area contributed by atoms with E-state index in [0.717, 1.165) is 38.4 Å². The average Bonchev–Trinajstić information content (AvgIpc) is 2.85. The maximum atomic E-state index is 14.1. The van der Waals surface area contributed by atoms with Crippen molar-refractivity contribution in [2.45, 2.75) is 46.7 Å². The highest BCUT2D eigenvalue weighted by Gasteiger charge is 2.33. The summed E-state index contributed by atoms with van der Waals surface area (Å²) in [7, 11) is -3.80. The number of likely N-dealkylation sites (N-methyl/N-ethyl adjacent to an activating group) is 1. The second-order valence-corrected chi connectivity index (χ2v) is 11.5. The van der Waals surface area contributed by atoms with Gasteiger partial charge < -0.3 is 10.2 Å². The summed E-state index contributed by atoms with van der Waals surface area (Å²) in [6.45, 7) is 7.60. The number of sulfonamides is 1. The van der Waals surface area contributed by atoms with Gasteiger partial charge in [0.15, 0.2) is 0 Å². The highest BCUT2D eigenvalue weighted by Crippen LogP contribution is 2.27. The fourth-order valence-corrected chi connectivity index (χ4v) is 5.59. The molecule has 0 aliphatic rings. The van der Waals surface area contributed by atoms with Gasteiger partial charge in [0.2, 0.25) is 21.8 Å². The quantitative estimate of drug-likeness (QED) is 0.400. The molecule has 0 heterocycles. The highest BCUT2D eigenvalue weighted by molar-refractivity contribution is 7.92. The molecule has 7 nitrogen and oxygen atoms in total. The van der Waals surface area contributed by atoms with E-state index in [4.69, 9.17) is 0 Å². The van der Waals surface area contributed by atoms with Gasteiger partial charge in [-0.2, -0.15) is 0 Å². The van der Waals surface area contributed by atoms with Crippen LogP contribution in [0, 0.1) is 20.8 Å². The smallest absolute Gasteiger partial charge is 0.244 e. The Morgan fingerprint density at radius 1 is 0.868 bits per heavy atom. The molecule has 0 saturated carbocycles. The first kappa shape index (κ1) is 28.9. The van der Waals surface area contributed by atoms with Gasteiger partial charge in [-0.15, -0.1) is 0 Å². The van der Waals surface area contributed by atoms with Gasteiger partial charge >= 0.3 is 0 Å². The van der Waals surface area contributed by atoms with Crippen molar-refractivity contribution in [3.63, 3.8) is 0 Å². The van der Waals surface area contributed by atoms with Gasteiger partial charge in [-0.1, -0.05) is 78.4 Å². The number of nitrogens with one attached hydrogen (secondary N) is 1. The van der Waals surface area contributed by atoms with Crippen molar-refractivity contribution in [1.82, 2.24) is 10.2 Å². The SMILES string of the molecule is CCNC(=O)C(Cc1ccccc1)N(Cc1cccc(C)c1)C(=O)CN(c1c(C)cccc1C)S(C)(=O)=O. The number of para-hydroxylation sites is 1. The summed E-state index contributed by atoms with van der Waals surface area (Å²) in [5, 5.41) is 2.87. The number of carbonyl (C=O) groups excluding carboxylic acids is 2. The molecule has 3 aromatic rings. The zero-order chi connectivity index (χ0) is 27.9. The predicted octanol–water partition coefficient (Wildman–Crippen LogP) is 4.15. The van der Waals surface area contributed by atoms with Crippen molar-refractivity contribution < 1.29 is 18.0 Å². The summed E-state index contributed by atoms with van der Waals surface area (Å²) < 4.78 is 27.1. The first-order chi connectivity index (χ1) is 18.0. The molecule has 1 N–H and O–H groups in total. The number of hydrogen-bond acceptors (Lipinski definition) is 4. The molecule has 0 spiro atoms. The summed E-state index contributed by atoms with van der Waals surface area (Å²) in [6, 6.07) is 21.9. The Morgan fingerprint density at radius 3 is 2.05 bits per heavy atom. The maximum Gasteiger partial charge on any atom is 0.244 e. The van der Waals surface area contributed by atoms with E-state index in [2.05, 4.69) is 5.32 Å². The van der Waals surface area contributed by atoms with Crippen LogP contribution in [0.4, 0.5) is 5.69 Å². The third-order valence-corrected chi connectivity index (χ3v) is 7.54. The molecule has 1 atom stereocenters. The van der Waals surface area contributed by atoms with Crippen LogP contribution in [0.5, 0.6) is 0 Å². The van der Waals surface area contributed by atoms with E-state index in [0.29, 0.717) is 18.7 Å². The molecule has 202 valence electrons. The van der Waals surface area contributed by atoms with Crippen molar-refractivity contribution in [2.24, 2.45) is 0 Å². The molecule has 0 fully saturated rings.